The molecule has 3 heteroatoms. The van der Waals surface area contributed by atoms with Crippen molar-refractivity contribution in [2.75, 3.05) is 6.61 Å². The number of benzene rings is 1. The van der Waals surface area contributed by atoms with E-state index < -0.39 is 0 Å². The van der Waals surface area contributed by atoms with E-state index in [1.165, 1.54) is 32.1 Å². The maximum Gasteiger partial charge on any atom is 0.161 e. The van der Waals surface area contributed by atoms with Crippen LogP contribution in [-0.2, 0) is 0 Å². The molecular weight excluding hydrogens is 238 g/mol. The highest BCUT2D eigenvalue weighted by atomic mass is 16.6. The third kappa shape index (κ3) is 4.13. The summed E-state index contributed by atoms with van der Waals surface area (Å²) in [6.07, 6.45) is 7.37. The van der Waals surface area contributed by atoms with E-state index in [2.05, 4.69) is 6.92 Å². The highest BCUT2D eigenvalue weighted by Gasteiger charge is 2.25. The summed E-state index contributed by atoms with van der Waals surface area (Å²) in [6.45, 7) is 2.80. The maximum absolute atomic E-state index is 6.22. The Morgan fingerprint density at radius 2 is 1.89 bits per heavy atom. The summed E-state index contributed by atoms with van der Waals surface area (Å²) >= 11 is 0. The van der Waals surface area contributed by atoms with Gasteiger partial charge in [-0.25, -0.2) is 0 Å². The van der Waals surface area contributed by atoms with Gasteiger partial charge in [0, 0.05) is 6.04 Å². The van der Waals surface area contributed by atoms with Gasteiger partial charge in [-0.15, -0.1) is 0 Å². The molecule has 0 saturated carbocycles. The minimum Gasteiger partial charge on any atom is -0.486 e. The van der Waals surface area contributed by atoms with Crippen molar-refractivity contribution in [3.8, 4) is 11.5 Å². The summed E-state index contributed by atoms with van der Waals surface area (Å²) in [5.74, 6) is 1.65. The summed E-state index contributed by atoms with van der Waals surface area (Å²) in [7, 11) is 0. The molecule has 3 nitrogen and oxygen atoms in total. The second kappa shape index (κ2) is 7.39. The van der Waals surface area contributed by atoms with Gasteiger partial charge in [0.1, 0.15) is 12.7 Å². The van der Waals surface area contributed by atoms with Crippen molar-refractivity contribution in [1.82, 2.24) is 0 Å². The third-order valence-corrected chi connectivity index (χ3v) is 3.65. The number of hydrogen-bond donors (Lipinski definition) is 1. The smallest absolute Gasteiger partial charge is 0.161 e. The molecule has 1 aromatic carbocycles. The fourth-order valence-electron chi connectivity index (χ4n) is 2.42. The fourth-order valence-corrected chi connectivity index (χ4v) is 2.42. The summed E-state index contributed by atoms with van der Waals surface area (Å²) < 4.78 is 11.6. The van der Waals surface area contributed by atoms with Crippen molar-refractivity contribution in [2.24, 2.45) is 5.73 Å². The second-order valence-corrected chi connectivity index (χ2v) is 5.28. The number of ether oxygens (including phenoxy) is 2. The molecule has 1 aliphatic rings. The molecular formula is C16H25NO2. The summed E-state index contributed by atoms with van der Waals surface area (Å²) in [6, 6.07) is 7.85. The Morgan fingerprint density at radius 3 is 2.68 bits per heavy atom. The van der Waals surface area contributed by atoms with Crippen LogP contribution in [0.4, 0.5) is 0 Å². The van der Waals surface area contributed by atoms with Crippen molar-refractivity contribution < 1.29 is 9.47 Å². The van der Waals surface area contributed by atoms with E-state index in [0.717, 1.165) is 17.9 Å². The molecule has 2 rings (SSSR count). The average molecular weight is 263 g/mol. The number of fused-ring (bicyclic) bond motifs is 1. The normalized spacial score (nSPS) is 19.2. The fraction of sp³-hybridized carbons (Fsp3) is 0.625. The van der Waals surface area contributed by atoms with Crippen LogP contribution in [0.15, 0.2) is 24.3 Å². The molecule has 0 radical (unpaired) electrons. The van der Waals surface area contributed by atoms with Crippen molar-refractivity contribution in [1.29, 1.82) is 0 Å². The van der Waals surface area contributed by atoms with Gasteiger partial charge in [0.25, 0.3) is 0 Å². The number of para-hydroxylation sites is 2. The first kappa shape index (κ1) is 14.2. The van der Waals surface area contributed by atoms with Crippen LogP contribution in [0.1, 0.15) is 45.4 Å². The van der Waals surface area contributed by atoms with Gasteiger partial charge < -0.3 is 15.2 Å². The Labute approximate surface area is 116 Å². The number of nitrogens with two attached hydrogens (primary N) is 1. The van der Waals surface area contributed by atoms with E-state index in [9.17, 15) is 0 Å². The first-order chi connectivity index (χ1) is 9.31. The van der Waals surface area contributed by atoms with Gasteiger partial charge in [0.05, 0.1) is 0 Å². The molecule has 2 unspecified atom stereocenters. The Balaban J connectivity index is 1.74. The van der Waals surface area contributed by atoms with E-state index in [1.807, 2.05) is 24.3 Å². The molecule has 0 saturated heterocycles. The van der Waals surface area contributed by atoms with Gasteiger partial charge in [-0.2, -0.15) is 0 Å². The standard InChI is InChI=1S/C16H25NO2/c1-2-3-4-5-6-9-13(17)16-12-18-14-10-7-8-11-15(14)19-16/h7-8,10-11,13,16H,2-6,9,12,17H2,1H3. The van der Waals surface area contributed by atoms with Gasteiger partial charge >= 0.3 is 0 Å². The third-order valence-electron chi connectivity index (χ3n) is 3.65. The number of rotatable bonds is 7. The molecule has 106 valence electrons. The highest BCUT2D eigenvalue weighted by molar-refractivity contribution is 5.40. The van der Waals surface area contributed by atoms with E-state index in [-0.39, 0.29) is 12.1 Å². The highest BCUT2D eigenvalue weighted by Crippen LogP contribution is 2.31. The van der Waals surface area contributed by atoms with E-state index in [1.54, 1.807) is 0 Å². The molecule has 0 spiro atoms. The zero-order valence-electron chi connectivity index (χ0n) is 11.8. The summed E-state index contributed by atoms with van der Waals surface area (Å²) in [5, 5.41) is 0. The molecule has 0 aliphatic carbocycles. The number of unbranched alkanes of at least 4 members (excludes halogenated alkanes) is 4. The van der Waals surface area contributed by atoms with Crippen LogP contribution in [0.5, 0.6) is 11.5 Å². The first-order valence-corrected chi connectivity index (χ1v) is 7.45. The Kier molecular flexibility index (Phi) is 5.52. The zero-order valence-corrected chi connectivity index (χ0v) is 11.8. The van der Waals surface area contributed by atoms with E-state index in [0.29, 0.717) is 6.61 Å². The SMILES string of the molecule is CCCCCCCC(N)C1COc2ccccc2O1. The second-order valence-electron chi connectivity index (χ2n) is 5.28. The predicted octanol–water partition coefficient (Wildman–Crippen LogP) is 3.51. The minimum atomic E-state index is -0.0129. The van der Waals surface area contributed by atoms with Crippen LogP contribution in [0.25, 0.3) is 0 Å². The van der Waals surface area contributed by atoms with Crippen molar-refractivity contribution >= 4 is 0 Å². The summed E-state index contributed by atoms with van der Waals surface area (Å²) in [5.41, 5.74) is 6.22. The molecule has 0 bridgehead atoms. The molecule has 1 heterocycles. The molecule has 0 fully saturated rings. The van der Waals surface area contributed by atoms with Crippen LogP contribution in [0.3, 0.4) is 0 Å². The van der Waals surface area contributed by atoms with Gasteiger partial charge in [0.15, 0.2) is 11.5 Å². The molecule has 2 atom stereocenters. The van der Waals surface area contributed by atoms with Gasteiger partial charge in [-0.3, -0.25) is 0 Å². The van der Waals surface area contributed by atoms with Crippen molar-refractivity contribution in [3.63, 3.8) is 0 Å². The lowest BCUT2D eigenvalue weighted by molar-refractivity contribution is 0.0694. The van der Waals surface area contributed by atoms with Crippen LogP contribution < -0.4 is 15.2 Å². The van der Waals surface area contributed by atoms with Gasteiger partial charge in [-0.05, 0) is 18.6 Å². The monoisotopic (exact) mass is 263 g/mol. The Hall–Kier alpha value is -1.22. The Bertz CT molecular complexity index is 381. The van der Waals surface area contributed by atoms with Gasteiger partial charge in [-0.1, -0.05) is 51.2 Å². The molecule has 19 heavy (non-hydrogen) atoms. The van der Waals surface area contributed by atoms with Crippen LogP contribution in [0, 0.1) is 0 Å². The maximum atomic E-state index is 6.22. The van der Waals surface area contributed by atoms with E-state index in [4.69, 9.17) is 15.2 Å². The average Bonchev–Trinajstić information content (AvgIpc) is 2.46. The van der Waals surface area contributed by atoms with Crippen molar-refractivity contribution in [2.45, 2.75) is 57.6 Å². The Morgan fingerprint density at radius 1 is 1.16 bits per heavy atom. The lowest BCUT2D eigenvalue weighted by atomic mass is 10.0. The largest absolute Gasteiger partial charge is 0.486 e. The van der Waals surface area contributed by atoms with Gasteiger partial charge in [0.2, 0.25) is 0 Å². The van der Waals surface area contributed by atoms with Crippen LogP contribution in [-0.4, -0.2) is 18.8 Å². The lowest BCUT2D eigenvalue weighted by Gasteiger charge is -2.30. The molecule has 0 amide bonds. The predicted molar refractivity (Wildman–Crippen MR) is 77.7 cm³/mol. The van der Waals surface area contributed by atoms with Crippen LogP contribution >= 0.6 is 0 Å². The molecule has 1 aromatic rings. The molecule has 0 aromatic heterocycles. The first-order valence-electron chi connectivity index (χ1n) is 7.45. The summed E-state index contributed by atoms with van der Waals surface area (Å²) in [4.78, 5) is 0. The molecule has 1 aliphatic heterocycles. The lowest BCUT2D eigenvalue weighted by Crippen LogP contribution is -2.44. The number of hydrogen-bond acceptors (Lipinski definition) is 3. The van der Waals surface area contributed by atoms with E-state index >= 15 is 0 Å². The minimum absolute atomic E-state index is 0.0129. The zero-order chi connectivity index (χ0) is 13.5. The molecule has 2 N–H and O–H groups in total. The quantitative estimate of drug-likeness (QED) is 0.766. The van der Waals surface area contributed by atoms with Crippen molar-refractivity contribution in [3.05, 3.63) is 24.3 Å². The topological polar surface area (TPSA) is 44.5 Å². The van der Waals surface area contributed by atoms with Crippen LogP contribution in [0.2, 0.25) is 0 Å².